The fourth-order valence-electron chi connectivity index (χ4n) is 1.30. The first-order valence-corrected chi connectivity index (χ1v) is 5.64. The maximum absolute atomic E-state index is 2.29. The molecule has 0 amide bonds. The summed E-state index contributed by atoms with van der Waals surface area (Å²) in [6.07, 6.45) is 9.34. The van der Waals surface area contributed by atoms with Gasteiger partial charge in [-0.3, -0.25) is 0 Å². The molecule has 2 heteroatoms. The van der Waals surface area contributed by atoms with Gasteiger partial charge in [0.25, 0.3) is 0 Å². The van der Waals surface area contributed by atoms with Crippen LogP contribution in [0.2, 0.25) is 0 Å². The van der Waals surface area contributed by atoms with Crippen LogP contribution in [0.3, 0.4) is 0 Å². The third-order valence-electron chi connectivity index (χ3n) is 2.26. The minimum Gasteiger partial charge on any atom is -0.205 e. The van der Waals surface area contributed by atoms with Crippen LogP contribution in [0.5, 0.6) is 0 Å². The molecule has 0 bridgehead atoms. The van der Waals surface area contributed by atoms with Gasteiger partial charge < -0.3 is 0 Å². The number of pyridine rings is 1. The van der Waals surface area contributed by atoms with Crippen molar-refractivity contribution in [3.05, 3.63) is 24.5 Å². The number of aromatic nitrogens is 1. The summed E-state index contributed by atoms with van der Waals surface area (Å²) in [5.41, 5.74) is 0. The summed E-state index contributed by atoms with van der Waals surface area (Å²) in [5.74, 6) is 0.968. The van der Waals surface area contributed by atoms with Crippen LogP contribution in [0.25, 0.3) is 0 Å². The van der Waals surface area contributed by atoms with Crippen molar-refractivity contribution in [2.45, 2.75) is 24.3 Å². The van der Waals surface area contributed by atoms with E-state index in [-0.39, 0.29) is 0 Å². The Kier molecular flexibility index (Phi) is 2.35. The molecule has 0 aromatic carbocycles. The second-order valence-electron chi connectivity index (χ2n) is 3.38. The van der Waals surface area contributed by atoms with Gasteiger partial charge in [-0.25, -0.2) is 4.57 Å². The first-order valence-electron chi connectivity index (χ1n) is 4.41. The van der Waals surface area contributed by atoms with E-state index in [9.17, 15) is 0 Å². The maximum atomic E-state index is 2.29. The van der Waals surface area contributed by atoms with Crippen LogP contribution in [0.15, 0.2) is 29.4 Å². The van der Waals surface area contributed by atoms with Crippen molar-refractivity contribution >= 4 is 11.8 Å². The summed E-state index contributed by atoms with van der Waals surface area (Å²) in [4.78, 5) is 1.35. The number of hydrogen-bond acceptors (Lipinski definition) is 1. The van der Waals surface area contributed by atoms with Gasteiger partial charge >= 0.3 is 0 Å². The summed E-state index contributed by atoms with van der Waals surface area (Å²) in [6.45, 7) is 1.22. The Balaban J connectivity index is 2.02. The van der Waals surface area contributed by atoms with E-state index in [1.54, 1.807) is 11.8 Å². The summed E-state index contributed by atoms with van der Waals surface area (Å²) >= 11 is 1.80. The van der Waals surface area contributed by atoms with Gasteiger partial charge in [-0.05, 0) is 19.1 Å². The quantitative estimate of drug-likeness (QED) is 0.509. The van der Waals surface area contributed by atoms with E-state index in [2.05, 4.69) is 35.3 Å². The van der Waals surface area contributed by atoms with Crippen LogP contribution in [0, 0.1) is 5.92 Å². The molecule has 1 fully saturated rings. The molecule has 64 valence electrons. The van der Waals surface area contributed by atoms with Gasteiger partial charge in [-0.1, -0.05) is 0 Å². The predicted molar refractivity (Wildman–Crippen MR) is 51.1 cm³/mol. The van der Waals surface area contributed by atoms with E-state index in [0.29, 0.717) is 0 Å². The second kappa shape index (κ2) is 3.48. The predicted octanol–water partition coefficient (Wildman–Crippen LogP) is 2.11. The van der Waals surface area contributed by atoms with E-state index in [1.807, 2.05) is 0 Å². The number of nitrogens with zero attached hydrogens (tertiary/aromatic N) is 1. The van der Waals surface area contributed by atoms with Crippen molar-refractivity contribution in [3.8, 4) is 0 Å². The summed E-state index contributed by atoms with van der Waals surface area (Å²) in [7, 11) is 0. The molecule has 1 heterocycles. The Morgan fingerprint density at radius 1 is 1.42 bits per heavy atom. The minimum absolute atomic E-state index is 0.968. The average molecular weight is 180 g/mol. The molecule has 1 aliphatic rings. The van der Waals surface area contributed by atoms with Gasteiger partial charge in [0.1, 0.15) is 0 Å². The SMILES string of the molecule is CSc1cc[n+](CC2CC2)cc1. The van der Waals surface area contributed by atoms with E-state index in [0.717, 1.165) is 5.92 Å². The first kappa shape index (κ1) is 8.11. The van der Waals surface area contributed by atoms with Gasteiger partial charge in [0.2, 0.25) is 0 Å². The van der Waals surface area contributed by atoms with Crippen molar-refractivity contribution in [1.29, 1.82) is 0 Å². The highest BCUT2D eigenvalue weighted by Crippen LogP contribution is 2.28. The zero-order valence-corrected chi connectivity index (χ0v) is 8.18. The molecule has 0 radical (unpaired) electrons. The summed E-state index contributed by atoms with van der Waals surface area (Å²) in [5, 5.41) is 0. The molecule has 0 N–H and O–H groups in total. The Bertz CT molecular complexity index is 251. The van der Waals surface area contributed by atoms with Crippen molar-refractivity contribution in [2.24, 2.45) is 5.92 Å². The lowest BCUT2D eigenvalue weighted by Crippen LogP contribution is -2.33. The highest BCUT2D eigenvalue weighted by atomic mass is 32.2. The molecule has 1 aromatic heterocycles. The van der Waals surface area contributed by atoms with E-state index in [4.69, 9.17) is 0 Å². The highest BCUT2D eigenvalue weighted by molar-refractivity contribution is 7.98. The molecule has 0 aliphatic heterocycles. The molecule has 0 saturated heterocycles. The smallest absolute Gasteiger partial charge is 0.169 e. The molecule has 1 aliphatic carbocycles. The largest absolute Gasteiger partial charge is 0.205 e. The zero-order chi connectivity index (χ0) is 8.39. The molecule has 1 saturated carbocycles. The first-order chi connectivity index (χ1) is 5.88. The molecule has 1 nitrogen and oxygen atoms in total. The number of rotatable bonds is 3. The Morgan fingerprint density at radius 3 is 2.58 bits per heavy atom. The summed E-state index contributed by atoms with van der Waals surface area (Å²) in [6, 6.07) is 4.38. The van der Waals surface area contributed by atoms with E-state index in [1.165, 1.54) is 24.3 Å². The monoisotopic (exact) mass is 180 g/mol. The number of hydrogen-bond donors (Lipinski definition) is 0. The van der Waals surface area contributed by atoms with Crippen LogP contribution in [0.4, 0.5) is 0 Å². The summed E-state index contributed by atoms with van der Waals surface area (Å²) < 4.78 is 2.29. The van der Waals surface area contributed by atoms with Crippen molar-refractivity contribution < 1.29 is 4.57 Å². The molecule has 0 spiro atoms. The Morgan fingerprint density at radius 2 is 2.08 bits per heavy atom. The Labute approximate surface area is 77.8 Å². The van der Waals surface area contributed by atoms with Gasteiger partial charge in [0.15, 0.2) is 18.9 Å². The molecule has 1 aromatic rings. The fourth-order valence-corrected chi connectivity index (χ4v) is 1.69. The van der Waals surface area contributed by atoms with Gasteiger partial charge in [0, 0.05) is 22.9 Å². The lowest BCUT2D eigenvalue weighted by molar-refractivity contribution is -0.700. The second-order valence-corrected chi connectivity index (χ2v) is 4.26. The maximum Gasteiger partial charge on any atom is 0.169 e. The fraction of sp³-hybridized carbons (Fsp3) is 0.500. The third-order valence-corrected chi connectivity index (χ3v) is 3.01. The molecule has 2 rings (SSSR count). The van der Waals surface area contributed by atoms with Crippen molar-refractivity contribution in [3.63, 3.8) is 0 Å². The zero-order valence-electron chi connectivity index (χ0n) is 7.36. The van der Waals surface area contributed by atoms with E-state index >= 15 is 0 Å². The Hall–Kier alpha value is -0.500. The van der Waals surface area contributed by atoms with E-state index < -0.39 is 0 Å². The lowest BCUT2D eigenvalue weighted by Gasteiger charge is -1.95. The third kappa shape index (κ3) is 2.01. The van der Waals surface area contributed by atoms with Crippen molar-refractivity contribution in [2.75, 3.05) is 6.26 Å². The van der Waals surface area contributed by atoms with Gasteiger partial charge in [0.05, 0.1) is 0 Å². The van der Waals surface area contributed by atoms with Crippen LogP contribution in [-0.4, -0.2) is 6.26 Å². The molecular weight excluding hydrogens is 166 g/mol. The lowest BCUT2D eigenvalue weighted by atomic mass is 10.4. The number of thioether (sulfide) groups is 1. The normalized spacial score (nSPS) is 16.4. The van der Waals surface area contributed by atoms with Crippen LogP contribution in [-0.2, 0) is 6.54 Å². The standard InChI is InChI=1S/C10H14NS/c1-12-10-4-6-11(7-5-10)8-9-2-3-9/h4-7,9H,2-3,8H2,1H3/q+1. The topological polar surface area (TPSA) is 3.88 Å². The molecular formula is C10H14NS+. The molecule has 12 heavy (non-hydrogen) atoms. The highest BCUT2D eigenvalue weighted by Gasteiger charge is 2.25. The van der Waals surface area contributed by atoms with Gasteiger partial charge in [-0.2, -0.15) is 0 Å². The van der Waals surface area contributed by atoms with Crippen molar-refractivity contribution in [1.82, 2.24) is 0 Å². The average Bonchev–Trinajstić information content (AvgIpc) is 2.90. The van der Waals surface area contributed by atoms with Crippen LogP contribution >= 0.6 is 11.8 Å². The molecule has 0 unspecified atom stereocenters. The minimum atomic E-state index is 0.968. The molecule has 0 atom stereocenters. The van der Waals surface area contributed by atoms with Crippen LogP contribution in [0.1, 0.15) is 12.8 Å². The van der Waals surface area contributed by atoms with Gasteiger partial charge in [-0.15, -0.1) is 11.8 Å². The van der Waals surface area contributed by atoms with Crippen LogP contribution < -0.4 is 4.57 Å².